The third-order valence-corrected chi connectivity index (χ3v) is 3.47. The van der Waals surface area contributed by atoms with E-state index in [1.807, 2.05) is 23.0 Å². The third-order valence-electron chi connectivity index (χ3n) is 2.85. The number of nitrogens with one attached hydrogen (secondary N) is 1. The van der Waals surface area contributed by atoms with Crippen LogP contribution in [0.15, 0.2) is 41.1 Å². The van der Waals surface area contributed by atoms with E-state index in [2.05, 4.69) is 52.3 Å². The molecule has 0 saturated heterocycles. The lowest BCUT2D eigenvalue weighted by atomic mass is 10.2. The summed E-state index contributed by atoms with van der Waals surface area (Å²) in [6, 6.07) is 8.58. The molecule has 4 nitrogen and oxygen atoms in total. The molecule has 1 aromatic carbocycles. The zero-order chi connectivity index (χ0) is 14.4. The van der Waals surface area contributed by atoms with Gasteiger partial charge in [0.15, 0.2) is 0 Å². The van der Waals surface area contributed by atoms with Crippen LogP contribution in [0.4, 0.5) is 0 Å². The molecular formula is C15H20BrN3O. The fourth-order valence-corrected chi connectivity index (χ4v) is 2.32. The molecular weight excluding hydrogens is 318 g/mol. The first-order valence-corrected chi connectivity index (χ1v) is 7.56. The van der Waals surface area contributed by atoms with Gasteiger partial charge in [0.05, 0.1) is 11.0 Å². The second-order valence-electron chi connectivity index (χ2n) is 4.92. The highest BCUT2D eigenvalue weighted by Gasteiger charge is 2.03. The summed E-state index contributed by atoms with van der Waals surface area (Å²) in [5.41, 5.74) is 1.24. The molecule has 0 aliphatic carbocycles. The number of nitrogens with zero attached hydrogens (tertiary/aromatic N) is 2. The van der Waals surface area contributed by atoms with Crippen molar-refractivity contribution < 1.29 is 4.74 Å². The molecule has 2 aromatic rings. The monoisotopic (exact) mass is 337 g/mol. The van der Waals surface area contributed by atoms with Crippen molar-refractivity contribution in [3.8, 4) is 5.75 Å². The van der Waals surface area contributed by atoms with E-state index in [1.165, 1.54) is 5.56 Å². The molecule has 108 valence electrons. The van der Waals surface area contributed by atoms with E-state index in [4.69, 9.17) is 4.74 Å². The quantitative estimate of drug-likeness (QED) is 0.843. The predicted octanol–water partition coefficient (Wildman–Crippen LogP) is 3.22. The van der Waals surface area contributed by atoms with E-state index in [9.17, 15) is 0 Å². The van der Waals surface area contributed by atoms with Crippen LogP contribution in [-0.2, 0) is 13.1 Å². The Labute approximate surface area is 128 Å². The Morgan fingerprint density at radius 3 is 2.90 bits per heavy atom. The molecule has 1 N–H and O–H groups in total. The van der Waals surface area contributed by atoms with Crippen LogP contribution >= 0.6 is 15.9 Å². The first-order chi connectivity index (χ1) is 9.65. The van der Waals surface area contributed by atoms with Gasteiger partial charge in [-0.15, -0.1) is 0 Å². The number of hydrogen-bond acceptors (Lipinski definition) is 3. The Morgan fingerprint density at radius 1 is 1.40 bits per heavy atom. The first-order valence-electron chi connectivity index (χ1n) is 6.77. The number of hydrogen-bond donors (Lipinski definition) is 1. The predicted molar refractivity (Wildman–Crippen MR) is 83.8 cm³/mol. The summed E-state index contributed by atoms with van der Waals surface area (Å²) in [7, 11) is 0. The molecule has 0 radical (unpaired) electrons. The number of rotatable bonds is 7. The van der Waals surface area contributed by atoms with Crippen LogP contribution in [0.5, 0.6) is 5.75 Å². The summed E-state index contributed by atoms with van der Waals surface area (Å²) in [6.07, 6.45) is 3.70. The van der Waals surface area contributed by atoms with Crippen LogP contribution < -0.4 is 10.1 Å². The average Bonchev–Trinajstić information content (AvgIpc) is 2.92. The van der Waals surface area contributed by atoms with Gasteiger partial charge in [-0.05, 0) is 39.7 Å². The average molecular weight is 338 g/mol. The summed E-state index contributed by atoms with van der Waals surface area (Å²) in [6.45, 7) is 6.49. The Balaban J connectivity index is 1.85. The van der Waals surface area contributed by atoms with Gasteiger partial charge in [-0.3, -0.25) is 4.68 Å². The summed E-state index contributed by atoms with van der Waals surface area (Å²) < 4.78 is 8.61. The topological polar surface area (TPSA) is 39.1 Å². The Hall–Kier alpha value is -1.33. The molecule has 0 spiro atoms. The van der Waals surface area contributed by atoms with Gasteiger partial charge in [-0.2, -0.15) is 5.10 Å². The molecule has 0 saturated carbocycles. The van der Waals surface area contributed by atoms with Crippen molar-refractivity contribution in [2.24, 2.45) is 0 Å². The van der Waals surface area contributed by atoms with Crippen LogP contribution in [0, 0.1) is 0 Å². The molecule has 1 aromatic heterocycles. The van der Waals surface area contributed by atoms with E-state index < -0.39 is 0 Å². The van der Waals surface area contributed by atoms with Gasteiger partial charge in [0.2, 0.25) is 0 Å². The smallest absolute Gasteiger partial charge is 0.133 e. The van der Waals surface area contributed by atoms with Crippen LogP contribution in [-0.4, -0.2) is 22.4 Å². The zero-order valence-corrected chi connectivity index (χ0v) is 13.4. The lowest BCUT2D eigenvalue weighted by molar-refractivity contribution is 0.289. The maximum absolute atomic E-state index is 5.76. The Kier molecular flexibility index (Phi) is 5.61. The van der Waals surface area contributed by atoms with Gasteiger partial charge >= 0.3 is 0 Å². The largest absolute Gasteiger partial charge is 0.490 e. The maximum Gasteiger partial charge on any atom is 0.133 e. The van der Waals surface area contributed by atoms with E-state index in [0.29, 0.717) is 12.6 Å². The standard InChI is InChI=1S/C15H20BrN3O/c1-12(2)17-11-13-4-5-15(14(16)10-13)20-9-8-19-7-3-6-18-19/h3-7,10,12,17H,8-9,11H2,1-2H3. The van der Waals surface area contributed by atoms with Crippen molar-refractivity contribution in [1.29, 1.82) is 0 Å². The molecule has 20 heavy (non-hydrogen) atoms. The SMILES string of the molecule is CC(C)NCc1ccc(OCCn2cccn2)c(Br)c1. The molecule has 0 fully saturated rings. The minimum atomic E-state index is 0.485. The number of benzene rings is 1. The van der Waals surface area contributed by atoms with E-state index in [0.717, 1.165) is 23.3 Å². The summed E-state index contributed by atoms with van der Waals surface area (Å²) in [5.74, 6) is 0.866. The summed E-state index contributed by atoms with van der Waals surface area (Å²) in [4.78, 5) is 0. The van der Waals surface area contributed by atoms with Crippen molar-refractivity contribution in [3.05, 3.63) is 46.7 Å². The lowest BCUT2D eigenvalue weighted by Crippen LogP contribution is -2.21. The highest BCUT2D eigenvalue weighted by Crippen LogP contribution is 2.26. The minimum Gasteiger partial charge on any atom is -0.490 e. The molecule has 0 amide bonds. The number of ether oxygens (including phenoxy) is 1. The molecule has 0 unspecified atom stereocenters. The Bertz CT molecular complexity index is 526. The molecule has 0 aliphatic heterocycles. The van der Waals surface area contributed by atoms with Crippen LogP contribution in [0.25, 0.3) is 0 Å². The van der Waals surface area contributed by atoms with Crippen LogP contribution in [0.2, 0.25) is 0 Å². The fourth-order valence-electron chi connectivity index (χ4n) is 1.78. The molecule has 0 aliphatic rings. The van der Waals surface area contributed by atoms with E-state index in [1.54, 1.807) is 6.20 Å². The van der Waals surface area contributed by atoms with Crippen LogP contribution in [0.3, 0.4) is 0 Å². The molecule has 2 rings (SSSR count). The van der Waals surface area contributed by atoms with E-state index in [-0.39, 0.29) is 0 Å². The molecule has 0 atom stereocenters. The van der Waals surface area contributed by atoms with Gasteiger partial charge in [0, 0.05) is 25.0 Å². The lowest BCUT2D eigenvalue weighted by Gasteiger charge is -2.11. The molecule has 0 bridgehead atoms. The second kappa shape index (κ2) is 7.45. The van der Waals surface area contributed by atoms with Gasteiger partial charge in [-0.25, -0.2) is 0 Å². The van der Waals surface area contributed by atoms with Crippen molar-refractivity contribution >= 4 is 15.9 Å². The van der Waals surface area contributed by atoms with Crippen molar-refractivity contribution in [2.75, 3.05) is 6.61 Å². The van der Waals surface area contributed by atoms with Gasteiger partial charge in [-0.1, -0.05) is 19.9 Å². The molecule has 5 heteroatoms. The third kappa shape index (κ3) is 4.65. The molecule has 1 heterocycles. The first kappa shape index (κ1) is 15.1. The summed E-state index contributed by atoms with van der Waals surface area (Å²) >= 11 is 3.56. The van der Waals surface area contributed by atoms with Crippen molar-refractivity contribution in [3.63, 3.8) is 0 Å². The maximum atomic E-state index is 5.76. The van der Waals surface area contributed by atoms with Gasteiger partial charge < -0.3 is 10.1 Å². The van der Waals surface area contributed by atoms with Crippen molar-refractivity contribution in [1.82, 2.24) is 15.1 Å². The van der Waals surface area contributed by atoms with Crippen molar-refractivity contribution in [2.45, 2.75) is 33.0 Å². The normalized spacial score (nSPS) is 11.0. The Morgan fingerprint density at radius 2 is 2.25 bits per heavy atom. The van der Waals surface area contributed by atoms with Crippen LogP contribution in [0.1, 0.15) is 19.4 Å². The van der Waals surface area contributed by atoms with E-state index >= 15 is 0 Å². The highest BCUT2D eigenvalue weighted by molar-refractivity contribution is 9.10. The van der Waals surface area contributed by atoms with Gasteiger partial charge in [0.25, 0.3) is 0 Å². The minimum absolute atomic E-state index is 0.485. The highest BCUT2D eigenvalue weighted by atomic mass is 79.9. The second-order valence-corrected chi connectivity index (χ2v) is 5.77. The zero-order valence-electron chi connectivity index (χ0n) is 11.8. The fraction of sp³-hybridized carbons (Fsp3) is 0.400. The van der Waals surface area contributed by atoms with Gasteiger partial charge in [0.1, 0.15) is 12.4 Å². The number of halogens is 1. The summed E-state index contributed by atoms with van der Waals surface area (Å²) in [5, 5.41) is 7.54. The number of aromatic nitrogens is 2.